The van der Waals surface area contributed by atoms with E-state index in [1.807, 2.05) is 13.0 Å². The Balaban J connectivity index is 3.69. The largest absolute Gasteiger partial charge is 0.399 e. The predicted octanol–water partition coefficient (Wildman–Crippen LogP) is 1.59. The average Bonchev–Trinajstić information content (AvgIpc) is 1.83. The summed E-state index contributed by atoms with van der Waals surface area (Å²) in [5, 5.41) is 0. The van der Waals surface area contributed by atoms with E-state index in [-0.39, 0.29) is 0 Å². The van der Waals surface area contributed by atoms with Crippen LogP contribution in [0.4, 0.5) is 0 Å². The van der Waals surface area contributed by atoms with Crippen molar-refractivity contribution in [2.24, 2.45) is 5.73 Å². The molecular weight excluding hydrogens is 98.1 g/mol. The molecule has 0 unspecified atom stereocenters. The fourth-order valence-electron chi connectivity index (χ4n) is 0.275. The maximum absolute atomic E-state index is 5.39. The lowest BCUT2D eigenvalue weighted by molar-refractivity contribution is 1.40. The molecule has 2 N–H and O–H groups in total. The quantitative estimate of drug-likeness (QED) is 0.535. The average molecular weight is 109 g/mol. The van der Waals surface area contributed by atoms with Crippen molar-refractivity contribution < 1.29 is 0 Å². The van der Waals surface area contributed by atoms with Gasteiger partial charge in [-0.3, -0.25) is 0 Å². The second-order valence-corrected chi connectivity index (χ2v) is 1.38. The molecule has 0 amide bonds. The zero-order valence-electron chi connectivity index (χ0n) is 5.09. The Bertz CT molecular complexity index is 120. The first kappa shape index (κ1) is 7.02. The molecule has 0 rings (SSSR count). The van der Waals surface area contributed by atoms with E-state index in [2.05, 4.69) is 6.58 Å². The van der Waals surface area contributed by atoms with Crippen LogP contribution in [0.5, 0.6) is 0 Å². The SMILES string of the molecule is C=C/C=C\C(N)=C/C. The van der Waals surface area contributed by atoms with Gasteiger partial charge >= 0.3 is 0 Å². The molecule has 0 saturated carbocycles. The second-order valence-electron chi connectivity index (χ2n) is 1.38. The number of rotatable bonds is 2. The first-order chi connectivity index (χ1) is 3.81. The fourth-order valence-corrected chi connectivity index (χ4v) is 0.275. The molecule has 0 bridgehead atoms. The van der Waals surface area contributed by atoms with E-state index in [1.165, 1.54) is 0 Å². The zero-order valence-corrected chi connectivity index (χ0v) is 5.09. The summed E-state index contributed by atoms with van der Waals surface area (Å²) in [4.78, 5) is 0. The van der Waals surface area contributed by atoms with Crippen molar-refractivity contribution in [3.8, 4) is 0 Å². The van der Waals surface area contributed by atoms with E-state index in [0.29, 0.717) is 0 Å². The highest BCUT2D eigenvalue weighted by atomic mass is 14.5. The predicted molar refractivity (Wildman–Crippen MR) is 37.3 cm³/mol. The summed E-state index contributed by atoms with van der Waals surface area (Å²) < 4.78 is 0. The van der Waals surface area contributed by atoms with Crippen LogP contribution in [0, 0.1) is 0 Å². The normalized spacial score (nSPS) is 12.4. The van der Waals surface area contributed by atoms with Gasteiger partial charge < -0.3 is 5.73 Å². The van der Waals surface area contributed by atoms with Gasteiger partial charge in [-0.15, -0.1) is 0 Å². The molecule has 8 heavy (non-hydrogen) atoms. The second kappa shape index (κ2) is 4.19. The van der Waals surface area contributed by atoms with Crippen LogP contribution in [0.25, 0.3) is 0 Å². The fraction of sp³-hybridized carbons (Fsp3) is 0.143. The van der Waals surface area contributed by atoms with Crippen LogP contribution < -0.4 is 5.73 Å². The minimum absolute atomic E-state index is 0.768. The summed E-state index contributed by atoms with van der Waals surface area (Å²) in [6.07, 6.45) is 7.12. The Kier molecular flexibility index (Phi) is 3.67. The molecule has 0 saturated heterocycles. The van der Waals surface area contributed by atoms with E-state index in [1.54, 1.807) is 18.2 Å². The highest BCUT2D eigenvalue weighted by Gasteiger charge is 1.70. The van der Waals surface area contributed by atoms with Crippen molar-refractivity contribution in [3.05, 3.63) is 36.6 Å². The van der Waals surface area contributed by atoms with Crippen LogP contribution >= 0.6 is 0 Å². The van der Waals surface area contributed by atoms with Gasteiger partial charge in [0, 0.05) is 5.70 Å². The summed E-state index contributed by atoms with van der Waals surface area (Å²) in [6, 6.07) is 0. The van der Waals surface area contributed by atoms with Gasteiger partial charge in [0.25, 0.3) is 0 Å². The zero-order chi connectivity index (χ0) is 6.41. The molecule has 1 heteroatoms. The molecule has 0 aliphatic carbocycles. The van der Waals surface area contributed by atoms with Crippen molar-refractivity contribution in [2.45, 2.75) is 6.92 Å². The Labute approximate surface area is 50.2 Å². The van der Waals surface area contributed by atoms with Crippen LogP contribution in [0.1, 0.15) is 6.92 Å². The maximum atomic E-state index is 5.39. The molecule has 0 fully saturated rings. The molecule has 1 nitrogen and oxygen atoms in total. The van der Waals surface area contributed by atoms with Crippen LogP contribution in [-0.2, 0) is 0 Å². The highest BCUT2D eigenvalue weighted by Crippen LogP contribution is 1.84. The van der Waals surface area contributed by atoms with Gasteiger partial charge in [0.15, 0.2) is 0 Å². The number of nitrogens with two attached hydrogens (primary N) is 1. The minimum Gasteiger partial charge on any atom is -0.399 e. The van der Waals surface area contributed by atoms with Gasteiger partial charge in [-0.2, -0.15) is 0 Å². The minimum atomic E-state index is 0.768. The first-order valence-electron chi connectivity index (χ1n) is 2.52. The lowest BCUT2D eigenvalue weighted by Gasteiger charge is -1.83. The van der Waals surface area contributed by atoms with Crippen molar-refractivity contribution in [1.29, 1.82) is 0 Å². The molecule has 0 aromatic carbocycles. The topological polar surface area (TPSA) is 26.0 Å². The van der Waals surface area contributed by atoms with E-state index in [9.17, 15) is 0 Å². The Morgan fingerprint density at radius 1 is 1.62 bits per heavy atom. The molecule has 0 aliphatic heterocycles. The molecule has 0 aromatic rings. The third-order valence-corrected chi connectivity index (χ3v) is 0.758. The standard InChI is InChI=1S/C7H11N/c1-3-5-6-7(8)4-2/h3-6H,1,8H2,2H3/b6-5-,7-4+. The summed E-state index contributed by atoms with van der Waals surface area (Å²) in [5.41, 5.74) is 6.15. The van der Waals surface area contributed by atoms with E-state index >= 15 is 0 Å². The lowest BCUT2D eigenvalue weighted by Crippen LogP contribution is -1.89. The summed E-state index contributed by atoms with van der Waals surface area (Å²) in [5.74, 6) is 0. The van der Waals surface area contributed by atoms with Crippen molar-refractivity contribution in [2.75, 3.05) is 0 Å². The first-order valence-corrected chi connectivity index (χ1v) is 2.52. The third kappa shape index (κ3) is 3.22. The molecule has 0 aliphatic rings. The number of hydrogen-bond acceptors (Lipinski definition) is 1. The Morgan fingerprint density at radius 3 is 2.62 bits per heavy atom. The summed E-state index contributed by atoms with van der Waals surface area (Å²) >= 11 is 0. The molecule has 0 atom stereocenters. The monoisotopic (exact) mass is 109 g/mol. The number of hydrogen-bond donors (Lipinski definition) is 1. The van der Waals surface area contributed by atoms with Crippen molar-refractivity contribution in [3.63, 3.8) is 0 Å². The summed E-state index contributed by atoms with van der Waals surface area (Å²) in [6.45, 7) is 5.39. The van der Waals surface area contributed by atoms with Crippen LogP contribution in [0.3, 0.4) is 0 Å². The van der Waals surface area contributed by atoms with Crippen LogP contribution in [-0.4, -0.2) is 0 Å². The Morgan fingerprint density at radius 2 is 2.25 bits per heavy atom. The van der Waals surface area contributed by atoms with E-state index in [4.69, 9.17) is 5.73 Å². The van der Waals surface area contributed by atoms with Gasteiger partial charge in [-0.25, -0.2) is 0 Å². The van der Waals surface area contributed by atoms with Crippen molar-refractivity contribution in [1.82, 2.24) is 0 Å². The molecular formula is C7H11N. The molecule has 0 heterocycles. The number of allylic oxidation sites excluding steroid dienone is 4. The van der Waals surface area contributed by atoms with Crippen LogP contribution in [0.2, 0.25) is 0 Å². The summed E-state index contributed by atoms with van der Waals surface area (Å²) in [7, 11) is 0. The molecule has 44 valence electrons. The van der Waals surface area contributed by atoms with Gasteiger partial charge in [-0.1, -0.05) is 24.8 Å². The maximum Gasteiger partial charge on any atom is 0.0270 e. The highest BCUT2D eigenvalue weighted by molar-refractivity contribution is 5.17. The third-order valence-electron chi connectivity index (χ3n) is 0.758. The van der Waals surface area contributed by atoms with Crippen LogP contribution in [0.15, 0.2) is 36.6 Å². The molecule has 0 spiro atoms. The van der Waals surface area contributed by atoms with Gasteiger partial charge in [0.2, 0.25) is 0 Å². The smallest absolute Gasteiger partial charge is 0.0270 e. The molecule has 0 radical (unpaired) electrons. The van der Waals surface area contributed by atoms with Gasteiger partial charge in [0.05, 0.1) is 0 Å². The van der Waals surface area contributed by atoms with E-state index < -0.39 is 0 Å². The molecule has 0 aromatic heterocycles. The van der Waals surface area contributed by atoms with Gasteiger partial charge in [-0.05, 0) is 13.0 Å². The lowest BCUT2D eigenvalue weighted by atomic mass is 10.4. The van der Waals surface area contributed by atoms with Crippen molar-refractivity contribution >= 4 is 0 Å². The van der Waals surface area contributed by atoms with E-state index in [0.717, 1.165) is 5.70 Å². The Hall–Kier alpha value is -0.980. The van der Waals surface area contributed by atoms with Gasteiger partial charge in [0.1, 0.15) is 0 Å².